The van der Waals surface area contributed by atoms with E-state index in [0.717, 1.165) is 12.8 Å². The van der Waals surface area contributed by atoms with Crippen LogP contribution in [0.15, 0.2) is 18.2 Å². The Morgan fingerprint density at radius 1 is 1.32 bits per heavy atom. The van der Waals surface area contributed by atoms with E-state index in [1.54, 1.807) is 13.0 Å². The molecule has 1 saturated heterocycles. The van der Waals surface area contributed by atoms with Crippen LogP contribution in [0.1, 0.15) is 35.2 Å². The molecular formula is C14H17NO4. The van der Waals surface area contributed by atoms with Crippen LogP contribution in [-0.4, -0.2) is 39.6 Å². The van der Waals surface area contributed by atoms with Crippen molar-refractivity contribution in [1.82, 2.24) is 4.90 Å². The quantitative estimate of drug-likeness (QED) is 0.852. The van der Waals surface area contributed by atoms with Gasteiger partial charge in [0.2, 0.25) is 0 Å². The van der Waals surface area contributed by atoms with Crippen molar-refractivity contribution in [3.05, 3.63) is 29.3 Å². The number of carbonyl (C=O) groups is 2. The molecule has 2 rings (SSSR count). The van der Waals surface area contributed by atoms with Crippen LogP contribution in [-0.2, 0) is 4.79 Å². The number of piperidine rings is 1. The summed E-state index contributed by atoms with van der Waals surface area (Å²) in [6, 6.07) is 3.75. The van der Waals surface area contributed by atoms with Gasteiger partial charge in [-0.25, -0.2) is 4.79 Å². The van der Waals surface area contributed by atoms with Crippen LogP contribution >= 0.6 is 0 Å². The summed E-state index contributed by atoms with van der Waals surface area (Å²) in [5.74, 6) is -1.13. The zero-order valence-corrected chi connectivity index (χ0v) is 10.8. The predicted octanol–water partition coefficient (Wildman–Crippen LogP) is 1.78. The molecule has 2 N–H and O–H groups in total. The predicted molar refractivity (Wildman–Crippen MR) is 69.2 cm³/mol. The van der Waals surface area contributed by atoms with Crippen LogP contribution in [0.3, 0.4) is 0 Å². The summed E-state index contributed by atoms with van der Waals surface area (Å²) < 4.78 is 0. The van der Waals surface area contributed by atoms with Gasteiger partial charge in [0.25, 0.3) is 5.91 Å². The molecule has 0 aromatic heterocycles. The molecule has 102 valence electrons. The van der Waals surface area contributed by atoms with E-state index in [1.807, 2.05) is 0 Å². The number of likely N-dealkylation sites (tertiary alicyclic amines) is 1. The smallest absolute Gasteiger partial charge is 0.326 e. The van der Waals surface area contributed by atoms with E-state index in [9.17, 15) is 19.8 Å². The minimum absolute atomic E-state index is 0.0995. The lowest BCUT2D eigenvalue weighted by Gasteiger charge is -2.33. The van der Waals surface area contributed by atoms with Crippen LogP contribution in [0.25, 0.3) is 0 Å². The largest absolute Gasteiger partial charge is 0.508 e. The number of carboxylic acids is 1. The molecule has 0 spiro atoms. The summed E-state index contributed by atoms with van der Waals surface area (Å²) in [4.78, 5) is 25.1. The van der Waals surface area contributed by atoms with Gasteiger partial charge in [-0.2, -0.15) is 0 Å². The number of rotatable bonds is 2. The molecule has 0 saturated carbocycles. The van der Waals surface area contributed by atoms with Gasteiger partial charge in [-0.05, 0) is 49.9 Å². The van der Waals surface area contributed by atoms with E-state index in [0.29, 0.717) is 24.1 Å². The lowest BCUT2D eigenvalue weighted by Crippen LogP contribution is -2.48. The molecule has 0 aliphatic carbocycles. The van der Waals surface area contributed by atoms with Gasteiger partial charge in [-0.15, -0.1) is 0 Å². The van der Waals surface area contributed by atoms with E-state index in [-0.39, 0.29) is 11.7 Å². The minimum atomic E-state index is -0.954. The molecule has 1 aromatic carbocycles. The highest BCUT2D eigenvalue weighted by atomic mass is 16.4. The number of hydrogen-bond acceptors (Lipinski definition) is 3. The molecular weight excluding hydrogens is 246 g/mol. The number of aliphatic carboxylic acids is 1. The first-order chi connectivity index (χ1) is 9.00. The molecule has 5 nitrogen and oxygen atoms in total. The van der Waals surface area contributed by atoms with Gasteiger partial charge in [0.1, 0.15) is 11.8 Å². The van der Waals surface area contributed by atoms with Gasteiger partial charge in [-0.1, -0.05) is 0 Å². The molecule has 1 aliphatic heterocycles. The molecule has 1 fully saturated rings. The Hall–Kier alpha value is -2.04. The maximum atomic E-state index is 12.4. The SMILES string of the molecule is Cc1cc(O)ccc1C(=O)N1CCCC[C@H]1C(=O)O. The molecule has 1 amide bonds. The zero-order chi connectivity index (χ0) is 14.0. The first kappa shape index (κ1) is 13.4. The monoisotopic (exact) mass is 263 g/mol. The molecule has 19 heavy (non-hydrogen) atoms. The Morgan fingerprint density at radius 3 is 2.68 bits per heavy atom. The number of hydrogen-bond donors (Lipinski definition) is 2. The van der Waals surface area contributed by atoms with Gasteiger partial charge in [0.15, 0.2) is 0 Å². The van der Waals surface area contributed by atoms with Crippen LogP contribution < -0.4 is 0 Å². The fourth-order valence-electron chi connectivity index (χ4n) is 2.47. The van der Waals surface area contributed by atoms with Crippen LogP contribution in [0.2, 0.25) is 0 Å². The van der Waals surface area contributed by atoms with Gasteiger partial charge in [0, 0.05) is 12.1 Å². The Kier molecular flexibility index (Phi) is 3.74. The third-order valence-corrected chi connectivity index (χ3v) is 3.49. The third kappa shape index (κ3) is 2.70. The average Bonchev–Trinajstić information content (AvgIpc) is 2.38. The van der Waals surface area contributed by atoms with Crippen molar-refractivity contribution in [3.63, 3.8) is 0 Å². The van der Waals surface area contributed by atoms with E-state index in [2.05, 4.69) is 0 Å². The summed E-state index contributed by atoms with van der Waals surface area (Å²) in [5.41, 5.74) is 1.10. The first-order valence-corrected chi connectivity index (χ1v) is 6.34. The van der Waals surface area contributed by atoms with Gasteiger partial charge in [-0.3, -0.25) is 4.79 Å². The molecule has 5 heteroatoms. The van der Waals surface area contributed by atoms with E-state index in [1.165, 1.54) is 17.0 Å². The van der Waals surface area contributed by atoms with Crippen molar-refractivity contribution in [1.29, 1.82) is 0 Å². The number of carboxylic acid groups (broad SMARTS) is 1. The van der Waals surface area contributed by atoms with Crippen LogP contribution in [0.4, 0.5) is 0 Å². The zero-order valence-electron chi connectivity index (χ0n) is 10.8. The van der Waals surface area contributed by atoms with Crippen molar-refractivity contribution in [2.45, 2.75) is 32.2 Å². The van der Waals surface area contributed by atoms with Crippen molar-refractivity contribution in [3.8, 4) is 5.75 Å². The molecule has 1 atom stereocenters. The highest BCUT2D eigenvalue weighted by Crippen LogP contribution is 2.23. The van der Waals surface area contributed by atoms with Gasteiger partial charge >= 0.3 is 5.97 Å². The number of carbonyl (C=O) groups excluding carboxylic acids is 1. The summed E-state index contributed by atoms with van der Waals surface area (Å²) in [6.45, 7) is 2.20. The lowest BCUT2D eigenvalue weighted by atomic mass is 9.99. The highest BCUT2D eigenvalue weighted by molar-refractivity contribution is 5.98. The Balaban J connectivity index is 2.28. The topological polar surface area (TPSA) is 77.8 Å². The third-order valence-electron chi connectivity index (χ3n) is 3.49. The van der Waals surface area contributed by atoms with Crippen LogP contribution in [0.5, 0.6) is 5.75 Å². The van der Waals surface area contributed by atoms with Crippen molar-refractivity contribution in [2.24, 2.45) is 0 Å². The van der Waals surface area contributed by atoms with E-state index >= 15 is 0 Å². The Labute approximate surface area is 111 Å². The summed E-state index contributed by atoms with van der Waals surface area (Å²) in [7, 11) is 0. The number of aromatic hydroxyl groups is 1. The standard InChI is InChI=1S/C14H17NO4/c1-9-8-10(16)5-6-11(9)13(17)15-7-3-2-4-12(15)14(18)19/h5-6,8,12,16H,2-4,7H2,1H3,(H,18,19)/t12-/m0/s1. The fourth-order valence-corrected chi connectivity index (χ4v) is 2.47. The molecule has 0 bridgehead atoms. The maximum absolute atomic E-state index is 12.4. The maximum Gasteiger partial charge on any atom is 0.326 e. The van der Waals surface area contributed by atoms with Crippen LogP contribution in [0, 0.1) is 6.92 Å². The first-order valence-electron chi connectivity index (χ1n) is 6.34. The summed E-state index contributed by atoms with van der Waals surface area (Å²) >= 11 is 0. The number of nitrogens with zero attached hydrogens (tertiary/aromatic N) is 1. The van der Waals surface area contributed by atoms with Gasteiger partial charge < -0.3 is 15.1 Å². The number of amides is 1. The normalized spacial score (nSPS) is 19.2. The second-order valence-corrected chi connectivity index (χ2v) is 4.85. The van der Waals surface area contributed by atoms with Gasteiger partial charge in [0.05, 0.1) is 0 Å². The molecule has 0 radical (unpaired) electrons. The molecule has 0 unspecified atom stereocenters. The lowest BCUT2D eigenvalue weighted by molar-refractivity contribution is -0.143. The summed E-state index contributed by atoms with van der Waals surface area (Å²) in [6.07, 6.45) is 2.15. The molecule has 1 aromatic rings. The second kappa shape index (κ2) is 5.30. The number of aryl methyl sites for hydroxylation is 1. The minimum Gasteiger partial charge on any atom is -0.508 e. The van der Waals surface area contributed by atoms with Crippen molar-refractivity contribution < 1.29 is 19.8 Å². The highest BCUT2D eigenvalue weighted by Gasteiger charge is 2.32. The van der Waals surface area contributed by atoms with E-state index < -0.39 is 12.0 Å². The summed E-state index contributed by atoms with van der Waals surface area (Å²) in [5, 5.41) is 18.5. The van der Waals surface area contributed by atoms with Crippen molar-refractivity contribution in [2.75, 3.05) is 6.54 Å². The number of phenolic OH excluding ortho intramolecular Hbond substituents is 1. The Bertz CT molecular complexity index is 512. The fraction of sp³-hybridized carbons (Fsp3) is 0.429. The average molecular weight is 263 g/mol. The van der Waals surface area contributed by atoms with Crippen molar-refractivity contribution >= 4 is 11.9 Å². The number of phenols is 1. The van der Waals surface area contributed by atoms with E-state index in [4.69, 9.17) is 0 Å². The molecule has 1 aliphatic rings. The number of benzene rings is 1. The molecule has 1 heterocycles. The second-order valence-electron chi connectivity index (χ2n) is 4.85. The Morgan fingerprint density at radius 2 is 2.05 bits per heavy atom.